The van der Waals surface area contributed by atoms with Crippen molar-refractivity contribution in [2.24, 2.45) is 5.41 Å². The normalized spacial score (nSPS) is 13.2. The standard InChI is InChI=1S/C33H24N4O4S12/c38-17-32(18-39,27(40)46-47-28-34-19-9-1-5-13-23(19)42-28)33(51-48-29-35-20-10-2-6-14-24(20)43-29,52-49-30-36-21-11-3-7-15-25(21)44-30)41-53-50-31-37-22-12-4-8-16-26(22)45-31/h1-16,27,38-40H,17-18H2. The molecule has 0 aliphatic carbocycles. The fraction of sp³-hybridized carbons (Fsp3) is 0.152. The monoisotopic (exact) mass is 924 g/mol. The highest BCUT2D eigenvalue weighted by Crippen LogP contribution is 2.66. The van der Waals surface area contributed by atoms with E-state index in [-0.39, 0.29) is 0 Å². The third-order valence-corrected chi connectivity index (χ3v) is 24.3. The van der Waals surface area contributed by atoms with Crippen molar-refractivity contribution in [2.45, 2.75) is 27.1 Å². The second-order valence-electron chi connectivity index (χ2n) is 10.9. The summed E-state index contributed by atoms with van der Waals surface area (Å²) < 4.78 is 12.6. The van der Waals surface area contributed by atoms with Crippen LogP contribution in [0.15, 0.2) is 114 Å². The molecule has 53 heavy (non-hydrogen) atoms. The first-order valence-corrected chi connectivity index (χ1v) is 27.2. The van der Waals surface area contributed by atoms with E-state index in [9.17, 15) is 15.3 Å². The lowest BCUT2D eigenvalue weighted by Crippen LogP contribution is -2.55. The van der Waals surface area contributed by atoms with E-state index >= 15 is 0 Å². The number of thiazole rings is 4. The molecular weight excluding hydrogens is 901 g/mol. The number of hydrogen-bond donors (Lipinski definition) is 3. The third-order valence-electron chi connectivity index (χ3n) is 7.65. The Hall–Kier alpha value is -0.920. The van der Waals surface area contributed by atoms with Gasteiger partial charge in [0, 0.05) is 10.8 Å². The third kappa shape index (κ3) is 8.53. The molecule has 4 heterocycles. The van der Waals surface area contributed by atoms with Crippen molar-refractivity contribution < 1.29 is 19.5 Å². The van der Waals surface area contributed by atoms with E-state index in [4.69, 9.17) is 24.1 Å². The van der Waals surface area contributed by atoms with Crippen molar-refractivity contribution in [1.29, 1.82) is 0 Å². The molecule has 0 bridgehead atoms. The maximum absolute atomic E-state index is 12.2. The number of aromatic nitrogens is 4. The average Bonchev–Trinajstić information content (AvgIpc) is 3.99. The predicted octanol–water partition coefficient (Wildman–Crippen LogP) is 12.1. The molecule has 1 unspecified atom stereocenters. The number of hydrogen-bond acceptors (Lipinski definition) is 20. The molecule has 4 aromatic carbocycles. The summed E-state index contributed by atoms with van der Waals surface area (Å²) in [6.45, 7) is -1.18. The quantitative estimate of drug-likeness (QED) is 0.0456. The Bertz CT molecular complexity index is 2260. The minimum Gasteiger partial charge on any atom is -0.395 e. The lowest BCUT2D eigenvalue weighted by Gasteiger charge is -2.46. The van der Waals surface area contributed by atoms with E-state index in [0.717, 1.165) is 80.1 Å². The van der Waals surface area contributed by atoms with Gasteiger partial charge in [-0.15, -0.1) is 45.3 Å². The highest BCUT2D eigenvalue weighted by atomic mass is 33.1. The maximum atomic E-state index is 12.2. The van der Waals surface area contributed by atoms with Crippen LogP contribution in [-0.4, -0.2) is 58.2 Å². The Kier molecular flexibility index (Phi) is 13.0. The molecule has 20 heteroatoms. The van der Waals surface area contributed by atoms with Gasteiger partial charge in [0.25, 0.3) is 0 Å². The number of nitrogens with zero attached hydrogens (tertiary/aromatic N) is 4. The molecule has 272 valence electrons. The molecule has 0 spiro atoms. The van der Waals surface area contributed by atoms with E-state index in [1.165, 1.54) is 76.1 Å². The van der Waals surface area contributed by atoms with Crippen molar-refractivity contribution in [3.63, 3.8) is 0 Å². The minimum absolute atomic E-state index is 0.592. The summed E-state index contributed by atoms with van der Waals surface area (Å²) in [5.74, 6) is 0. The van der Waals surface area contributed by atoms with Crippen LogP contribution in [0.1, 0.15) is 0 Å². The molecule has 0 aliphatic heterocycles. The average molecular weight is 925 g/mol. The predicted molar refractivity (Wildman–Crippen MR) is 239 cm³/mol. The Labute approximate surface area is 351 Å². The van der Waals surface area contributed by atoms with Crippen LogP contribution in [0, 0.1) is 5.41 Å². The van der Waals surface area contributed by atoms with Crippen LogP contribution >= 0.6 is 132 Å². The first-order chi connectivity index (χ1) is 26.0. The molecule has 0 fully saturated rings. The van der Waals surface area contributed by atoms with Crippen LogP contribution in [0.2, 0.25) is 0 Å². The van der Waals surface area contributed by atoms with E-state index < -0.39 is 28.3 Å². The molecule has 1 atom stereocenters. The topological polar surface area (TPSA) is 121 Å². The molecular formula is C33H24N4O4S12. The van der Waals surface area contributed by atoms with Crippen molar-refractivity contribution >= 4 is 173 Å². The van der Waals surface area contributed by atoms with Gasteiger partial charge in [-0.1, -0.05) is 59.3 Å². The summed E-state index contributed by atoms with van der Waals surface area (Å²) in [6.07, 6.45) is 0. The number of aliphatic hydroxyl groups excluding tert-OH is 3. The SMILES string of the molecule is OCC(CO)(C(O)SSc1nc2ccccc2s1)C(OSSc1nc2ccccc2s1)(SSc1nc2ccccc2s1)SSc1nc2ccccc2s1. The molecule has 0 radical (unpaired) electrons. The molecule has 0 saturated carbocycles. The van der Waals surface area contributed by atoms with Gasteiger partial charge in [-0.2, -0.15) is 0 Å². The fourth-order valence-corrected chi connectivity index (χ4v) is 21.7. The molecule has 8 rings (SSSR count). The van der Waals surface area contributed by atoms with Crippen molar-refractivity contribution in [3.05, 3.63) is 97.1 Å². The second-order valence-corrected chi connectivity index (χ2v) is 25.0. The number of para-hydroxylation sites is 4. The van der Waals surface area contributed by atoms with Crippen LogP contribution in [-0.2, 0) is 4.18 Å². The van der Waals surface area contributed by atoms with Crippen molar-refractivity contribution in [2.75, 3.05) is 13.2 Å². The summed E-state index contributed by atoms with van der Waals surface area (Å²) in [4.78, 5) is 19.2. The summed E-state index contributed by atoms with van der Waals surface area (Å²) in [7, 11) is 9.19. The van der Waals surface area contributed by atoms with Gasteiger partial charge < -0.3 is 15.3 Å². The van der Waals surface area contributed by atoms with Gasteiger partial charge in [0.05, 0.1) is 65.2 Å². The highest BCUT2D eigenvalue weighted by molar-refractivity contribution is 8.86. The summed E-state index contributed by atoms with van der Waals surface area (Å²) >= 11 is 7.28. The molecule has 0 saturated heterocycles. The van der Waals surface area contributed by atoms with Crippen molar-refractivity contribution in [3.8, 4) is 0 Å². The molecule has 3 N–H and O–H groups in total. The minimum atomic E-state index is -1.62. The van der Waals surface area contributed by atoms with Crippen LogP contribution in [0.3, 0.4) is 0 Å². The molecule has 8 nitrogen and oxygen atoms in total. The molecule has 4 aromatic heterocycles. The smallest absolute Gasteiger partial charge is 0.208 e. The van der Waals surface area contributed by atoms with Gasteiger partial charge in [-0.3, -0.25) is 4.18 Å². The van der Waals surface area contributed by atoms with Gasteiger partial charge in [-0.05, 0) is 103 Å². The summed E-state index contributed by atoms with van der Waals surface area (Å²) in [6, 6.07) is 31.7. The second kappa shape index (κ2) is 17.7. The van der Waals surface area contributed by atoms with Gasteiger partial charge in [-0.25, -0.2) is 19.9 Å². The molecule has 8 aromatic rings. The molecule has 0 aliphatic rings. The maximum Gasteiger partial charge on any atom is 0.208 e. The zero-order valence-electron chi connectivity index (χ0n) is 26.7. The van der Waals surface area contributed by atoms with Gasteiger partial charge in [0.2, 0.25) is 4.27 Å². The summed E-state index contributed by atoms with van der Waals surface area (Å²) in [5, 5.41) is 35.0. The van der Waals surface area contributed by atoms with Crippen LogP contribution in [0.25, 0.3) is 40.9 Å². The zero-order valence-corrected chi connectivity index (χ0v) is 36.5. The van der Waals surface area contributed by atoms with E-state index in [1.807, 2.05) is 97.1 Å². The lowest BCUT2D eigenvalue weighted by atomic mass is 9.91. The number of benzene rings is 4. The van der Waals surface area contributed by atoms with Crippen LogP contribution < -0.4 is 0 Å². The van der Waals surface area contributed by atoms with Gasteiger partial charge >= 0.3 is 0 Å². The Balaban J connectivity index is 1.15. The largest absolute Gasteiger partial charge is 0.395 e. The Morgan fingerprint density at radius 1 is 0.528 bits per heavy atom. The van der Waals surface area contributed by atoms with Gasteiger partial charge in [0.15, 0.2) is 17.4 Å². The van der Waals surface area contributed by atoms with E-state index in [0.29, 0.717) is 0 Å². The van der Waals surface area contributed by atoms with Gasteiger partial charge in [0.1, 0.15) is 10.9 Å². The number of fused-ring (bicyclic) bond motifs is 4. The number of rotatable bonds is 17. The first kappa shape index (κ1) is 38.9. The fourth-order valence-electron chi connectivity index (χ4n) is 4.84. The van der Waals surface area contributed by atoms with Crippen molar-refractivity contribution in [1.82, 2.24) is 19.9 Å². The van der Waals surface area contributed by atoms with Crippen LogP contribution in [0.4, 0.5) is 0 Å². The highest BCUT2D eigenvalue weighted by Gasteiger charge is 2.60. The number of aliphatic hydroxyl groups is 3. The van der Waals surface area contributed by atoms with E-state index in [1.54, 1.807) is 34.0 Å². The summed E-state index contributed by atoms with van der Waals surface area (Å²) in [5.41, 5.74) is 0.593. The Morgan fingerprint density at radius 3 is 1.26 bits per heavy atom. The first-order valence-electron chi connectivity index (χ1n) is 15.4. The van der Waals surface area contributed by atoms with E-state index in [2.05, 4.69) is 0 Å². The lowest BCUT2D eigenvalue weighted by molar-refractivity contribution is -0.0591. The van der Waals surface area contributed by atoms with Crippen LogP contribution in [0.5, 0.6) is 0 Å². The molecule has 0 amide bonds. The Morgan fingerprint density at radius 2 is 0.887 bits per heavy atom. The zero-order chi connectivity index (χ0) is 36.3.